The van der Waals surface area contributed by atoms with E-state index in [1.54, 1.807) is 45.3 Å². The average molecular weight is 467 g/mol. The van der Waals surface area contributed by atoms with Gasteiger partial charge in [0.15, 0.2) is 12.6 Å². The minimum atomic E-state index is -0.572. The van der Waals surface area contributed by atoms with Crippen molar-refractivity contribution >= 4 is 29.5 Å². The van der Waals surface area contributed by atoms with E-state index in [0.717, 1.165) is 24.0 Å². The molecule has 0 saturated carbocycles. The van der Waals surface area contributed by atoms with Crippen LogP contribution in [-0.2, 0) is 25.5 Å². The summed E-state index contributed by atoms with van der Waals surface area (Å²) in [5.74, 6) is -1.94. The zero-order chi connectivity index (χ0) is 24.8. The zero-order valence-corrected chi connectivity index (χ0v) is 19.6. The summed E-state index contributed by atoms with van der Waals surface area (Å²) in [5, 5.41) is 10.2. The molecule has 4 N–H and O–H groups in total. The van der Waals surface area contributed by atoms with Crippen molar-refractivity contribution in [1.82, 2.24) is 4.90 Å². The third-order valence-electron chi connectivity index (χ3n) is 5.81. The molecule has 0 bridgehead atoms. The van der Waals surface area contributed by atoms with E-state index >= 15 is 0 Å². The van der Waals surface area contributed by atoms with Crippen molar-refractivity contribution in [1.29, 1.82) is 5.41 Å². The van der Waals surface area contributed by atoms with Gasteiger partial charge in [0.25, 0.3) is 5.91 Å². The molecule has 3 rings (SSSR count). The molecule has 2 aromatic carbocycles. The van der Waals surface area contributed by atoms with Gasteiger partial charge in [0.05, 0.1) is 11.8 Å². The Labute approximate surface area is 198 Å². The fraction of sp³-hybridized carbons (Fsp3) is 0.360. The second-order valence-electron chi connectivity index (χ2n) is 8.50. The van der Waals surface area contributed by atoms with Crippen LogP contribution in [-0.4, -0.2) is 49.4 Å². The summed E-state index contributed by atoms with van der Waals surface area (Å²) in [6.07, 6.45) is 2.42. The average Bonchev–Trinajstić information content (AvgIpc) is 2.81. The number of likely N-dealkylation sites (N-methyl/N-ethyl adjacent to an activating group) is 1. The number of rotatable bonds is 7. The van der Waals surface area contributed by atoms with Crippen LogP contribution in [0.3, 0.4) is 0 Å². The van der Waals surface area contributed by atoms with E-state index in [0.29, 0.717) is 23.4 Å². The second kappa shape index (κ2) is 10.8. The number of nitrogens with zero attached hydrogens (tertiary/aromatic N) is 1. The predicted octanol–water partition coefficient (Wildman–Crippen LogP) is 2.75. The van der Waals surface area contributed by atoms with Crippen molar-refractivity contribution in [2.45, 2.75) is 38.0 Å². The number of guanidine groups is 1. The van der Waals surface area contributed by atoms with Gasteiger partial charge in [0, 0.05) is 19.8 Å². The van der Waals surface area contributed by atoms with Crippen LogP contribution in [0.15, 0.2) is 42.5 Å². The van der Waals surface area contributed by atoms with Crippen LogP contribution in [0.1, 0.15) is 48.3 Å². The Morgan fingerprint density at radius 2 is 1.88 bits per heavy atom. The second-order valence-corrected chi connectivity index (χ2v) is 8.50. The smallest absolute Gasteiger partial charge is 0.318 e. The maximum Gasteiger partial charge on any atom is 0.318 e. The molecule has 0 fully saturated rings. The highest BCUT2D eigenvalue weighted by Crippen LogP contribution is 2.35. The molecular weight excluding hydrogens is 436 g/mol. The molecule has 9 nitrogen and oxygen atoms in total. The summed E-state index contributed by atoms with van der Waals surface area (Å²) >= 11 is 0. The first-order chi connectivity index (χ1) is 16.2. The molecular formula is C25H30N4O5. The van der Waals surface area contributed by atoms with Gasteiger partial charge in [-0.1, -0.05) is 18.2 Å². The van der Waals surface area contributed by atoms with E-state index in [2.05, 4.69) is 5.32 Å². The lowest BCUT2D eigenvalue weighted by Gasteiger charge is -2.25. The molecule has 1 amide bonds. The number of carbonyl (C=O) groups excluding carboxylic acids is 3. The molecule has 1 aliphatic carbocycles. The van der Waals surface area contributed by atoms with Gasteiger partial charge in [-0.2, -0.15) is 0 Å². The Morgan fingerprint density at radius 1 is 1.18 bits per heavy atom. The Hall–Kier alpha value is -3.88. The van der Waals surface area contributed by atoms with Gasteiger partial charge >= 0.3 is 11.9 Å². The number of esters is 2. The lowest BCUT2D eigenvalue weighted by Crippen LogP contribution is -2.28. The number of nitrogens with two attached hydrogens (primary N) is 1. The molecule has 0 saturated heterocycles. The van der Waals surface area contributed by atoms with Gasteiger partial charge in [0.1, 0.15) is 5.75 Å². The summed E-state index contributed by atoms with van der Waals surface area (Å²) in [7, 11) is 3.18. The number of benzene rings is 2. The van der Waals surface area contributed by atoms with Gasteiger partial charge < -0.3 is 25.4 Å². The Morgan fingerprint density at radius 3 is 2.53 bits per heavy atom. The molecule has 0 radical (unpaired) electrons. The minimum Gasteiger partial charge on any atom is -0.455 e. The highest BCUT2D eigenvalue weighted by atomic mass is 16.5. The van der Waals surface area contributed by atoms with Crippen LogP contribution in [0, 0.1) is 5.41 Å². The Balaban J connectivity index is 1.65. The van der Waals surface area contributed by atoms with Gasteiger partial charge in [-0.15, -0.1) is 0 Å². The zero-order valence-electron chi connectivity index (χ0n) is 19.6. The summed E-state index contributed by atoms with van der Waals surface area (Å²) < 4.78 is 10.7. The van der Waals surface area contributed by atoms with E-state index < -0.39 is 17.8 Å². The minimum absolute atomic E-state index is 0.169. The maximum absolute atomic E-state index is 13.0. The SMILES string of the molecule is CC(C(=O)OCC(=O)N(C)C)c1ccc(OC(=O)C2CCCc3ccc(NC(=N)N)cc32)cc1. The first kappa shape index (κ1) is 24.8. The Bertz CT molecular complexity index is 1080. The number of fused-ring (bicyclic) bond motifs is 1. The van der Waals surface area contributed by atoms with Crippen molar-refractivity contribution < 1.29 is 23.9 Å². The molecule has 180 valence electrons. The van der Waals surface area contributed by atoms with Crippen LogP contribution in [0.2, 0.25) is 0 Å². The largest absolute Gasteiger partial charge is 0.455 e. The number of amides is 1. The molecule has 2 atom stereocenters. The van der Waals surface area contributed by atoms with E-state index in [-0.39, 0.29) is 24.4 Å². The van der Waals surface area contributed by atoms with Crippen molar-refractivity contribution in [2.24, 2.45) is 5.73 Å². The van der Waals surface area contributed by atoms with Crippen molar-refractivity contribution in [3.8, 4) is 5.75 Å². The number of nitrogens with one attached hydrogen (secondary N) is 2. The summed E-state index contributed by atoms with van der Waals surface area (Å²) in [5.41, 5.74) is 8.73. The van der Waals surface area contributed by atoms with E-state index in [1.807, 2.05) is 18.2 Å². The van der Waals surface area contributed by atoms with Crippen LogP contribution in [0.5, 0.6) is 5.75 Å². The van der Waals surface area contributed by atoms with E-state index in [9.17, 15) is 14.4 Å². The summed E-state index contributed by atoms with van der Waals surface area (Å²) in [6, 6.07) is 12.3. The van der Waals surface area contributed by atoms with E-state index in [4.69, 9.17) is 20.6 Å². The monoisotopic (exact) mass is 466 g/mol. The van der Waals surface area contributed by atoms with Crippen LogP contribution in [0.4, 0.5) is 5.69 Å². The van der Waals surface area contributed by atoms with Gasteiger partial charge in [-0.05, 0) is 67.1 Å². The quantitative estimate of drug-likeness (QED) is 0.247. The van der Waals surface area contributed by atoms with Gasteiger partial charge in [0.2, 0.25) is 0 Å². The number of hydrogen-bond donors (Lipinski definition) is 3. The molecule has 0 aliphatic heterocycles. The topological polar surface area (TPSA) is 135 Å². The number of aryl methyl sites for hydroxylation is 1. The first-order valence-corrected chi connectivity index (χ1v) is 11.1. The standard InChI is InChI=1S/C25H30N4O5/c1-15(23(31)33-14-22(30)29(2)3)16-8-11-19(12-9-16)34-24(32)20-6-4-5-17-7-10-18(13-21(17)20)28-25(26)27/h7-13,15,20H,4-6,14H2,1-3H3,(H4,26,27,28). The van der Waals surface area contributed by atoms with Crippen molar-refractivity contribution in [2.75, 3.05) is 26.0 Å². The normalized spacial score (nSPS) is 15.4. The fourth-order valence-corrected chi connectivity index (χ4v) is 3.81. The summed E-state index contributed by atoms with van der Waals surface area (Å²) in [6.45, 7) is 1.38. The highest BCUT2D eigenvalue weighted by molar-refractivity contribution is 5.90. The molecule has 9 heteroatoms. The number of ether oxygens (including phenoxy) is 2. The van der Waals surface area contributed by atoms with Gasteiger partial charge in [-0.25, -0.2) is 0 Å². The molecule has 1 aliphatic rings. The lowest BCUT2D eigenvalue weighted by atomic mass is 9.82. The predicted molar refractivity (Wildman–Crippen MR) is 128 cm³/mol. The molecule has 0 heterocycles. The van der Waals surface area contributed by atoms with Crippen molar-refractivity contribution in [3.63, 3.8) is 0 Å². The number of anilines is 1. The third kappa shape index (κ3) is 6.12. The number of hydrogen-bond acceptors (Lipinski definition) is 6. The molecule has 2 unspecified atom stereocenters. The van der Waals surface area contributed by atoms with E-state index in [1.165, 1.54) is 4.90 Å². The lowest BCUT2D eigenvalue weighted by molar-refractivity contribution is -0.152. The third-order valence-corrected chi connectivity index (χ3v) is 5.81. The Kier molecular flexibility index (Phi) is 7.88. The van der Waals surface area contributed by atoms with Crippen molar-refractivity contribution in [3.05, 3.63) is 59.2 Å². The molecule has 0 spiro atoms. The summed E-state index contributed by atoms with van der Waals surface area (Å²) in [4.78, 5) is 38.2. The maximum atomic E-state index is 13.0. The number of carbonyl (C=O) groups is 3. The van der Waals surface area contributed by atoms with Crippen LogP contribution >= 0.6 is 0 Å². The van der Waals surface area contributed by atoms with Crippen LogP contribution in [0.25, 0.3) is 0 Å². The molecule has 34 heavy (non-hydrogen) atoms. The molecule has 2 aromatic rings. The molecule has 0 aromatic heterocycles. The van der Waals surface area contributed by atoms with Gasteiger partial charge in [-0.3, -0.25) is 19.8 Å². The fourth-order valence-electron chi connectivity index (χ4n) is 3.81. The highest BCUT2D eigenvalue weighted by Gasteiger charge is 2.29. The van der Waals surface area contributed by atoms with Crippen LogP contribution < -0.4 is 15.8 Å². The first-order valence-electron chi connectivity index (χ1n) is 11.1.